The van der Waals surface area contributed by atoms with Crippen molar-refractivity contribution in [3.63, 3.8) is 0 Å². The van der Waals surface area contributed by atoms with Crippen molar-refractivity contribution in [2.45, 2.75) is 19.5 Å². The molecule has 0 aliphatic heterocycles. The van der Waals surface area contributed by atoms with E-state index in [2.05, 4.69) is 5.32 Å². The highest BCUT2D eigenvalue weighted by atomic mass is 33.1. The van der Waals surface area contributed by atoms with Gasteiger partial charge in [-0.05, 0) is 24.6 Å². The molecule has 0 atom stereocenters. The van der Waals surface area contributed by atoms with Gasteiger partial charge in [0.05, 0.1) is 11.3 Å². The van der Waals surface area contributed by atoms with Crippen LogP contribution in [0.3, 0.4) is 0 Å². The number of halogens is 4. The van der Waals surface area contributed by atoms with E-state index in [-0.39, 0.29) is 18.1 Å². The number of carboxylic acid groups (broad SMARTS) is 2. The number of aliphatic carboxylic acids is 2. The summed E-state index contributed by atoms with van der Waals surface area (Å²) in [5, 5.41) is 19.0. The summed E-state index contributed by atoms with van der Waals surface area (Å²) in [6.45, 7) is 2.24. The standard InChI is InChI=1S/C15H16FNO3S3.C2HF3O2/c1-9-13-10(16)3-2-4-11(13)23-14(9)15(20)17-6-8-22-21-7-5-12(18)19;3-2(4,5)1(6)7/h2-4H,5-8H2,1H3,(H,17,20)(H,18,19);(H,6,7). The highest BCUT2D eigenvalue weighted by Gasteiger charge is 2.38. The van der Waals surface area contributed by atoms with Crippen molar-refractivity contribution in [2.75, 3.05) is 18.1 Å². The van der Waals surface area contributed by atoms with Crippen molar-refractivity contribution >= 4 is 60.9 Å². The van der Waals surface area contributed by atoms with E-state index in [1.54, 1.807) is 13.0 Å². The quantitative estimate of drug-likeness (QED) is 0.285. The largest absolute Gasteiger partial charge is 0.490 e. The Morgan fingerprint density at radius 1 is 1.13 bits per heavy atom. The van der Waals surface area contributed by atoms with Crippen molar-refractivity contribution in [2.24, 2.45) is 0 Å². The molecule has 0 aliphatic carbocycles. The average molecular weight is 488 g/mol. The zero-order chi connectivity index (χ0) is 22.9. The zero-order valence-electron chi connectivity index (χ0n) is 15.4. The van der Waals surface area contributed by atoms with E-state index in [1.807, 2.05) is 6.07 Å². The number of carboxylic acids is 2. The van der Waals surface area contributed by atoms with E-state index in [1.165, 1.54) is 39.0 Å². The molecule has 0 saturated heterocycles. The molecule has 1 amide bonds. The summed E-state index contributed by atoms with van der Waals surface area (Å²) in [5.41, 5.74) is 0.670. The molecule has 13 heteroatoms. The first-order valence-corrected chi connectivity index (χ1v) is 11.5. The summed E-state index contributed by atoms with van der Waals surface area (Å²) in [6, 6.07) is 4.84. The van der Waals surface area contributed by atoms with E-state index in [0.717, 1.165) is 4.70 Å². The second-order valence-electron chi connectivity index (χ2n) is 5.52. The minimum atomic E-state index is -5.08. The number of alkyl halides is 3. The number of hydrogen-bond acceptors (Lipinski definition) is 6. The second kappa shape index (κ2) is 12.0. The second-order valence-corrected chi connectivity index (χ2v) is 9.27. The van der Waals surface area contributed by atoms with Crippen LogP contribution in [0.25, 0.3) is 10.1 Å². The van der Waals surface area contributed by atoms with Gasteiger partial charge in [0, 0.05) is 28.1 Å². The highest BCUT2D eigenvalue weighted by molar-refractivity contribution is 8.76. The molecule has 0 unspecified atom stereocenters. The SMILES string of the molecule is Cc1c(C(=O)NCCSSCCC(=O)O)sc2cccc(F)c12.O=C(O)C(F)(F)F. The number of fused-ring (bicyclic) bond motifs is 1. The Morgan fingerprint density at radius 2 is 1.73 bits per heavy atom. The van der Waals surface area contributed by atoms with E-state index >= 15 is 0 Å². The van der Waals surface area contributed by atoms with E-state index in [0.29, 0.717) is 33.9 Å². The number of nitrogens with one attached hydrogen (secondary N) is 1. The minimum Gasteiger partial charge on any atom is -0.481 e. The van der Waals surface area contributed by atoms with Crippen LogP contribution in [-0.2, 0) is 9.59 Å². The fourth-order valence-electron chi connectivity index (χ4n) is 2.00. The monoisotopic (exact) mass is 487 g/mol. The lowest BCUT2D eigenvalue weighted by Crippen LogP contribution is -2.25. The van der Waals surface area contributed by atoms with Crippen LogP contribution in [-0.4, -0.2) is 52.3 Å². The fourth-order valence-corrected chi connectivity index (χ4v) is 5.03. The molecule has 166 valence electrons. The van der Waals surface area contributed by atoms with Crippen molar-refractivity contribution in [1.82, 2.24) is 5.32 Å². The van der Waals surface area contributed by atoms with E-state index < -0.39 is 18.1 Å². The molecule has 0 bridgehead atoms. The lowest BCUT2D eigenvalue weighted by atomic mass is 10.1. The van der Waals surface area contributed by atoms with Crippen LogP contribution >= 0.6 is 32.9 Å². The number of carbonyl (C=O) groups is 3. The molecule has 1 heterocycles. The van der Waals surface area contributed by atoms with Crippen molar-refractivity contribution in [3.05, 3.63) is 34.5 Å². The maximum atomic E-state index is 13.8. The van der Waals surface area contributed by atoms with Crippen LogP contribution in [0.5, 0.6) is 0 Å². The number of hydrogen-bond donors (Lipinski definition) is 3. The molecular formula is C17H17F4NO5S3. The van der Waals surface area contributed by atoms with Gasteiger partial charge in [0.15, 0.2) is 0 Å². The van der Waals surface area contributed by atoms with Gasteiger partial charge >= 0.3 is 18.1 Å². The van der Waals surface area contributed by atoms with Crippen molar-refractivity contribution in [1.29, 1.82) is 0 Å². The van der Waals surface area contributed by atoms with Gasteiger partial charge in [-0.3, -0.25) is 9.59 Å². The average Bonchev–Trinajstić information content (AvgIpc) is 2.98. The van der Waals surface area contributed by atoms with Crippen molar-refractivity contribution in [3.8, 4) is 0 Å². The van der Waals surface area contributed by atoms with Gasteiger partial charge in [0.25, 0.3) is 5.91 Å². The van der Waals surface area contributed by atoms with Crippen molar-refractivity contribution < 1.29 is 42.2 Å². The first-order chi connectivity index (χ1) is 13.9. The number of rotatable bonds is 8. The Kier molecular flexibility index (Phi) is 10.4. The molecule has 30 heavy (non-hydrogen) atoms. The predicted octanol–water partition coefficient (Wildman–Crippen LogP) is 4.57. The first kappa shape index (κ1) is 26.0. The maximum absolute atomic E-state index is 13.8. The first-order valence-electron chi connectivity index (χ1n) is 8.17. The number of thiophene rings is 1. The van der Waals surface area contributed by atoms with Crippen LogP contribution in [0.2, 0.25) is 0 Å². The molecule has 0 spiro atoms. The molecular weight excluding hydrogens is 470 g/mol. The lowest BCUT2D eigenvalue weighted by Gasteiger charge is -2.04. The number of aryl methyl sites for hydroxylation is 1. The van der Waals surface area contributed by atoms with Crippen LogP contribution < -0.4 is 5.32 Å². The fraction of sp³-hybridized carbons (Fsp3) is 0.353. The summed E-state index contributed by atoms with van der Waals surface area (Å²) < 4.78 is 46.3. The molecule has 0 radical (unpaired) electrons. The van der Waals surface area contributed by atoms with Gasteiger partial charge in [-0.15, -0.1) is 11.3 Å². The molecule has 2 aromatic rings. The molecule has 0 saturated carbocycles. The Morgan fingerprint density at radius 3 is 2.27 bits per heavy atom. The Hall–Kier alpha value is -1.99. The van der Waals surface area contributed by atoms with Gasteiger partial charge in [-0.1, -0.05) is 27.7 Å². The van der Waals surface area contributed by atoms with Crippen LogP contribution in [0.4, 0.5) is 17.6 Å². The van der Waals surface area contributed by atoms with Gasteiger partial charge in [-0.25, -0.2) is 9.18 Å². The third kappa shape index (κ3) is 8.40. The lowest BCUT2D eigenvalue weighted by molar-refractivity contribution is -0.192. The van der Waals surface area contributed by atoms with E-state index in [9.17, 15) is 27.2 Å². The Balaban J connectivity index is 0.000000553. The molecule has 2 rings (SSSR count). The summed E-state index contributed by atoms with van der Waals surface area (Å²) in [6.07, 6.45) is -4.95. The van der Waals surface area contributed by atoms with Crippen LogP contribution in [0.1, 0.15) is 21.7 Å². The topological polar surface area (TPSA) is 104 Å². The highest BCUT2D eigenvalue weighted by Crippen LogP contribution is 2.32. The summed E-state index contributed by atoms with van der Waals surface area (Å²) in [5.74, 6) is -2.83. The predicted molar refractivity (Wildman–Crippen MR) is 110 cm³/mol. The third-order valence-electron chi connectivity index (χ3n) is 3.31. The zero-order valence-corrected chi connectivity index (χ0v) is 17.9. The molecule has 0 fully saturated rings. The van der Waals surface area contributed by atoms with Gasteiger partial charge < -0.3 is 15.5 Å². The maximum Gasteiger partial charge on any atom is 0.490 e. The molecule has 1 aromatic carbocycles. The minimum absolute atomic E-state index is 0.135. The summed E-state index contributed by atoms with van der Waals surface area (Å²) in [7, 11) is 3.00. The summed E-state index contributed by atoms with van der Waals surface area (Å²) in [4.78, 5) is 32.0. The molecule has 6 nitrogen and oxygen atoms in total. The van der Waals surface area contributed by atoms with Crippen LogP contribution in [0.15, 0.2) is 18.2 Å². The molecule has 0 aliphatic rings. The van der Waals surface area contributed by atoms with E-state index in [4.69, 9.17) is 15.0 Å². The number of benzene rings is 1. The van der Waals surface area contributed by atoms with Crippen LogP contribution in [0, 0.1) is 12.7 Å². The number of carbonyl (C=O) groups excluding carboxylic acids is 1. The third-order valence-corrected chi connectivity index (χ3v) is 6.97. The van der Waals surface area contributed by atoms with Gasteiger partial charge in [0.2, 0.25) is 0 Å². The van der Waals surface area contributed by atoms with Gasteiger partial charge in [-0.2, -0.15) is 13.2 Å². The Bertz CT molecular complexity index is 901. The van der Waals surface area contributed by atoms with Gasteiger partial charge in [0.1, 0.15) is 5.82 Å². The normalized spacial score (nSPS) is 11.0. The molecule has 1 aromatic heterocycles. The summed E-state index contributed by atoms with van der Waals surface area (Å²) >= 11 is 1.29. The molecule has 3 N–H and O–H groups in total. The smallest absolute Gasteiger partial charge is 0.481 e. The Labute approximate surface area is 180 Å². The number of amides is 1.